The van der Waals surface area contributed by atoms with Crippen LogP contribution >= 0.6 is 35.6 Å². The minimum atomic E-state index is -0.573. The molecular weight excluding hydrogens is 371 g/mol. The molecule has 1 aromatic rings. The number of amides is 1. The van der Waals surface area contributed by atoms with Crippen LogP contribution in [0, 0.1) is 5.92 Å². The van der Waals surface area contributed by atoms with E-state index in [0.717, 1.165) is 39.0 Å². The fraction of sp³-hybridized carbons (Fsp3) is 0.588. The lowest BCUT2D eigenvalue weighted by molar-refractivity contribution is -0.139. The van der Waals surface area contributed by atoms with Gasteiger partial charge in [-0.05, 0) is 50.9 Å². The molecule has 2 rings (SSSR count). The Morgan fingerprint density at radius 2 is 2.04 bits per heavy atom. The van der Waals surface area contributed by atoms with E-state index < -0.39 is 6.10 Å². The molecule has 4 nitrogen and oxygen atoms in total. The fourth-order valence-corrected chi connectivity index (χ4v) is 3.12. The molecule has 1 aliphatic rings. The maximum absolute atomic E-state index is 12.5. The van der Waals surface area contributed by atoms with Crippen LogP contribution in [0.5, 0.6) is 5.75 Å². The second-order valence-corrected chi connectivity index (χ2v) is 6.67. The van der Waals surface area contributed by atoms with Gasteiger partial charge in [0.1, 0.15) is 10.8 Å². The summed E-state index contributed by atoms with van der Waals surface area (Å²) in [5.74, 6) is 1.10. The van der Waals surface area contributed by atoms with Crippen LogP contribution in [0.15, 0.2) is 18.2 Å². The molecule has 1 amide bonds. The molecule has 0 aromatic heterocycles. The number of nitrogens with one attached hydrogen (secondary N) is 1. The zero-order chi connectivity index (χ0) is 16.8. The van der Waals surface area contributed by atoms with E-state index in [2.05, 4.69) is 12.2 Å². The predicted octanol–water partition coefficient (Wildman–Crippen LogP) is 4.03. The zero-order valence-corrected chi connectivity index (χ0v) is 16.4. The van der Waals surface area contributed by atoms with Gasteiger partial charge in [0.05, 0.1) is 5.02 Å². The summed E-state index contributed by atoms with van der Waals surface area (Å²) in [6.45, 7) is 7.45. The van der Waals surface area contributed by atoms with Gasteiger partial charge in [-0.2, -0.15) is 0 Å². The van der Waals surface area contributed by atoms with Crippen molar-refractivity contribution in [2.75, 3.05) is 26.2 Å². The SMILES string of the molecule is CCNCC1CCN(C(=O)C(C)Oc2cccc(Cl)c2Cl)CC1.Cl. The van der Waals surface area contributed by atoms with Crippen molar-refractivity contribution in [1.29, 1.82) is 0 Å². The highest BCUT2D eigenvalue weighted by molar-refractivity contribution is 6.42. The zero-order valence-electron chi connectivity index (χ0n) is 14.1. The molecule has 1 unspecified atom stereocenters. The predicted molar refractivity (Wildman–Crippen MR) is 102 cm³/mol. The lowest BCUT2D eigenvalue weighted by Gasteiger charge is -2.33. The van der Waals surface area contributed by atoms with Gasteiger partial charge in [0, 0.05) is 13.1 Å². The minimum Gasteiger partial charge on any atom is -0.479 e. The highest BCUT2D eigenvalue weighted by atomic mass is 35.5. The number of carbonyl (C=O) groups is 1. The molecule has 0 radical (unpaired) electrons. The number of halogens is 3. The molecule has 0 spiro atoms. The Labute approximate surface area is 160 Å². The molecule has 136 valence electrons. The Balaban J connectivity index is 0.00000288. The van der Waals surface area contributed by atoms with Gasteiger partial charge in [0.15, 0.2) is 6.10 Å². The molecular formula is C17H25Cl3N2O2. The first-order valence-corrected chi connectivity index (χ1v) is 8.88. The van der Waals surface area contributed by atoms with E-state index in [1.165, 1.54) is 0 Å². The van der Waals surface area contributed by atoms with Crippen molar-refractivity contribution in [2.24, 2.45) is 5.92 Å². The molecule has 1 heterocycles. The first-order valence-electron chi connectivity index (χ1n) is 8.13. The average Bonchev–Trinajstić information content (AvgIpc) is 2.57. The van der Waals surface area contributed by atoms with Crippen LogP contribution in [0.4, 0.5) is 0 Å². The summed E-state index contributed by atoms with van der Waals surface area (Å²) in [6.07, 6.45) is 1.49. The lowest BCUT2D eigenvalue weighted by atomic mass is 9.96. The van der Waals surface area contributed by atoms with Crippen molar-refractivity contribution in [1.82, 2.24) is 10.2 Å². The number of ether oxygens (including phenoxy) is 1. The summed E-state index contributed by atoms with van der Waals surface area (Å²) >= 11 is 12.1. The number of carbonyl (C=O) groups excluding carboxylic acids is 1. The van der Waals surface area contributed by atoms with Gasteiger partial charge in [0.25, 0.3) is 5.91 Å². The van der Waals surface area contributed by atoms with E-state index in [0.29, 0.717) is 21.7 Å². The van der Waals surface area contributed by atoms with Gasteiger partial charge < -0.3 is 15.0 Å². The highest BCUT2D eigenvalue weighted by Gasteiger charge is 2.27. The van der Waals surface area contributed by atoms with Crippen LogP contribution < -0.4 is 10.1 Å². The maximum Gasteiger partial charge on any atom is 0.263 e. The molecule has 1 fully saturated rings. The summed E-state index contributed by atoms with van der Waals surface area (Å²) in [6, 6.07) is 5.17. The van der Waals surface area contributed by atoms with Gasteiger partial charge in [-0.1, -0.05) is 36.2 Å². The molecule has 1 aromatic carbocycles. The number of piperidine rings is 1. The Morgan fingerprint density at radius 1 is 1.38 bits per heavy atom. The summed E-state index contributed by atoms with van der Waals surface area (Å²) < 4.78 is 5.71. The largest absolute Gasteiger partial charge is 0.479 e. The first-order chi connectivity index (χ1) is 11.0. The van der Waals surface area contributed by atoms with E-state index in [1.54, 1.807) is 25.1 Å². The van der Waals surface area contributed by atoms with Crippen LogP contribution in [0.2, 0.25) is 10.0 Å². The Hall–Kier alpha value is -0.680. The number of hydrogen-bond acceptors (Lipinski definition) is 3. The molecule has 0 aliphatic carbocycles. The Morgan fingerprint density at radius 3 is 2.67 bits per heavy atom. The molecule has 7 heteroatoms. The van der Waals surface area contributed by atoms with Crippen molar-refractivity contribution in [3.63, 3.8) is 0 Å². The number of likely N-dealkylation sites (tertiary alicyclic amines) is 1. The highest BCUT2D eigenvalue weighted by Crippen LogP contribution is 2.32. The van der Waals surface area contributed by atoms with Crippen molar-refractivity contribution >= 4 is 41.5 Å². The summed E-state index contributed by atoms with van der Waals surface area (Å²) in [4.78, 5) is 14.4. The maximum atomic E-state index is 12.5. The van der Waals surface area contributed by atoms with E-state index in [-0.39, 0.29) is 18.3 Å². The van der Waals surface area contributed by atoms with Crippen LogP contribution in [-0.4, -0.2) is 43.1 Å². The van der Waals surface area contributed by atoms with Crippen LogP contribution in [-0.2, 0) is 4.79 Å². The van der Waals surface area contributed by atoms with Crippen molar-refractivity contribution in [3.05, 3.63) is 28.2 Å². The lowest BCUT2D eigenvalue weighted by Crippen LogP contribution is -2.45. The summed E-state index contributed by atoms with van der Waals surface area (Å²) in [5, 5.41) is 4.14. The molecule has 1 atom stereocenters. The third kappa shape index (κ3) is 5.69. The second-order valence-electron chi connectivity index (χ2n) is 5.89. The third-order valence-electron chi connectivity index (χ3n) is 4.18. The molecule has 1 saturated heterocycles. The van der Waals surface area contributed by atoms with Gasteiger partial charge in [-0.15, -0.1) is 12.4 Å². The Kier molecular flexibility index (Phi) is 9.21. The number of benzene rings is 1. The van der Waals surface area contributed by atoms with E-state index in [4.69, 9.17) is 27.9 Å². The third-order valence-corrected chi connectivity index (χ3v) is 4.98. The van der Waals surface area contributed by atoms with Crippen LogP contribution in [0.3, 0.4) is 0 Å². The van der Waals surface area contributed by atoms with Crippen molar-refractivity contribution in [3.8, 4) is 5.75 Å². The van der Waals surface area contributed by atoms with Gasteiger partial charge >= 0.3 is 0 Å². The quantitative estimate of drug-likeness (QED) is 0.790. The van der Waals surface area contributed by atoms with Crippen molar-refractivity contribution in [2.45, 2.75) is 32.8 Å². The smallest absolute Gasteiger partial charge is 0.263 e. The molecule has 1 N–H and O–H groups in total. The molecule has 24 heavy (non-hydrogen) atoms. The van der Waals surface area contributed by atoms with E-state index >= 15 is 0 Å². The minimum absolute atomic E-state index is 0. The monoisotopic (exact) mass is 394 g/mol. The number of nitrogens with zero attached hydrogens (tertiary/aromatic N) is 1. The number of hydrogen-bond donors (Lipinski definition) is 1. The first kappa shape index (κ1) is 21.4. The normalized spacial score (nSPS) is 16.4. The average molecular weight is 396 g/mol. The number of rotatable bonds is 6. The summed E-state index contributed by atoms with van der Waals surface area (Å²) in [5.41, 5.74) is 0. The Bertz CT molecular complexity index is 535. The van der Waals surface area contributed by atoms with E-state index in [1.807, 2.05) is 4.90 Å². The van der Waals surface area contributed by atoms with Gasteiger partial charge in [0.2, 0.25) is 0 Å². The van der Waals surface area contributed by atoms with Gasteiger partial charge in [-0.25, -0.2) is 0 Å². The summed E-state index contributed by atoms with van der Waals surface area (Å²) in [7, 11) is 0. The standard InChI is InChI=1S/C17H24Cl2N2O2.ClH/c1-3-20-11-13-7-9-21(10-8-13)17(22)12(2)23-15-6-4-5-14(18)16(15)19;/h4-6,12-13,20H,3,7-11H2,1-2H3;1H. The molecule has 1 aliphatic heterocycles. The topological polar surface area (TPSA) is 41.6 Å². The van der Waals surface area contributed by atoms with Crippen molar-refractivity contribution < 1.29 is 9.53 Å². The van der Waals surface area contributed by atoms with Crippen LogP contribution in [0.25, 0.3) is 0 Å². The van der Waals surface area contributed by atoms with Gasteiger partial charge in [-0.3, -0.25) is 4.79 Å². The second kappa shape index (κ2) is 10.3. The van der Waals surface area contributed by atoms with Crippen LogP contribution in [0.1, 0.15) is 26.7 Å². The van der Waals surface area contributed by atoms with E-state index in [9.17, 15) is 4.79 Å². The molecule has 0 saturated carbocycles. The fourth-order valence-electron chi connectivity index (χ4n) is 2.78. The molecule has 0 bridgehead atoms.